The summed E-state index contributed by atoms with van der Waals surface area (Å²) in [6.07, 6.45) is -9.03. The van der Waals surface area contributed by atoms with E-state index in [4.69, 9.17) is 0 Å². The van der Waals surface area contributed by atoms with Gasteiger partial charge in [-0.3, -0.25) is 20.0 Å². The van der Waals surface area contributed by atoms with Crippen LogP contribution in [0.5, 0.6) is 0 Å². The predicted molar refractivity (Wildman–Crippen MR) is 90.2 cm³/mol. The molecule has 14 heteroatoms. The summed E-state index contributed by atoms with van der Waals surface area (Å²) < 4.78 is 91.8. The molecule has 2 aromatic rings. The van der Waals surface area contributed by atoms with Crippen molar-refractivity contribution in [3.63, 3.8) is 0 Å². The monoisotopic (exact) mass is 451 g/mol. The van der Waals surface area contributed by atoms with E-state index in [1.165, 1.54) is 0 Å². The highest BCUT2D eigenvalue weighted by atomic mass is 19.4. The fourth-order valence-corrected chi connectivity index (χ4v) is 2.63. The summed E-state index contributed by atoms with van der Waals surface area (Å²) >= 11 is 0. The van der Waals surface area contributed by atoms with E-state index in [9.17, 15) is 40.3 Å². The fraction of sp³-hybridized carbons (Fsp3) is 0.294. The highest BCUT2D eigenvalue weighted by Crippen LogP contribution is 2.38. The molecular weight excluding hydrogens is 439 g/mol. The second-order valence-electron chi connectivity index (χ2n) is 6.38. The molecule has 2 amide bonds. The lowest BCUT2D eigenvalue weighted by Gasteiger charge is -2.14. The molecule has 3 rings (SSSR count). The number of rotatable bonds is 4. The summed E-state index contributed by atoms with van der Waals surface area (Å²) in [7, 11) is 0. The van der Waals surface area contributed by atoms with Gasteiger partial charge in [-0.05, 0) is 18.2 Å². The van der Waals surface area contributed by atoms with E-state index in [0.29, 0.717) is 12.1 Å². The van der Waals surface area contributed by atoms with Gasteiger partial charge in [0.15, 0.2) is 12.0 Å². The molecule has 0 spiro atoms. The molecule has 166 valence electrons. The molecule has 7 nitrogen and oxygen atoms in total. The minimum atomic E-state index is -5.03. The van der Waals surface area contributed by atoms with Crippen LogP contribution in [0.3, 0.4) is 0 Å². The SMILES string of the molecule is O=C(/C=C\n1cnc(-c2cc(C(F)(F)F)cc(C(F)(F)F)c2)n1)NN1CCC(F)C1=O. The average molecular weight is 451 g/mol. The van der Waals surface area contributed by atoms with Gasteiger partial charge in [0.05, 0.1) is 11.1 Å². The van der Waals surface area contributed by atoms with Crippen molar-refractivity contribution < 1.29 is 40.3 Å². The second-order valence-corrected chi connectivity index (χ2v) is 6.38. The van der Waals surface area contributed by atoms with Crippen molar-refractivity contribution in [3.8, 4) is 11.4 Å². The molecule has 0 aliphatic carbocycles. The van der Waals surface area contributed by atoms with Gasteiger partial charge in [-0.25, -0.2) is 14.1 Å². The van der Waals surface area contributed by atoms with Crippen LogP contribution in [0, 0.1) is 0 Å². The van der Waals surface area contributed by atoms with Crippen molar-refractivity contribution in [3.05, 3.63) is 41.7 Å². The summed E-state index contributed by atoms with van der Waals surface area (Å²) in [5.74, 6) is -2.19. The van der Waals surface area contributed by atoms with Crippen molar-refractivity contribution in [2.75, 3.05) is 6.54 Å². The molecule has 1 aromatic heterocycles. The number of hydrazine groups is 1. The number of carbonyl (C=O) groups excluding carboxylic acids is 2. The number of hydrogen-bond acceptors (Lipinski definition) is 4. The van der Waals surface area contributed by atoms with Crippen LogP contribution in [0.15, 0.2) is 30.6 Å². The summed E-state index contributed by atoms with van der Waals surface area (Å²) in [4.78, 5) is 26.8. The van der Waals surface area contributed by atoms with E-state index in [-0.39, 0.29) is 19.0 Å². The number of benzene rings is 1. The van der Waals surface area contributed by atoms with Crippen LogP contribution in [0.2, 0.25) is 0 Å². The first-order valence-electron chi connectivity index (χ1n) is 8.50. The van der Waals surface area contributed by atoms with Gasteiger partial charge in [-0.15, -0.1) is 5.10 Å². The quantitative estimate of drug-likeness (QED) is 0.573. The van der Waals surface area contributed by atoms with E-state index in [1.54, 1.807) is 0 Å². The van der Waals surface area contributed by atoms with E-state index >= 15 is 0 Å². The first-order chi connectivity index (χ1) is 14.3. The zero-order valence-corrected chi connectivity index (χ0v) is 15.2. The van der Waals surface area contributed by atoms with Crippen LogP contribution in [0.25, 0.3) is 17.6 Å². The van der Waals surface area contributed by atoms with Crippen molar-refractivity contribution in [2.24, 2.45) is 0 Å². The summed E-state index contributed by atoms with van der Waals surface area (Å²) in [6, 6.07) is 0.918. The van der Waals surface area contributed by atoms with E-state index in [1.807, 2.05) is 0 Å². The van der Waals surface area contributed by atoms with Gasteiger partial charge in [0.2, 0.25) is 0 Å². The van der Waals surface area contributed by atoms with E-state index < -0.39 is 52.9 Å². The van der Waals surface area contributed by atoms with Gasteiger partial charge < -0.3 is 0 Å². The van der Waals surface area contributed by atoms with Gasteiger partial charge in [-0.2, -0.15) is 26.3 Å². The molecule has 1 aromatic carbocycles. The number of nitrogens with zero attached hydrogens (tertiary/aromatic N) is 4. The minimum absolute atomic E-state index is 0.0215. The van der Waals surface area contributed by atoms with Crippen LogP contribution in [0.4, 0.5) is 30.7 Å². The molecular formula is C17H12F7N5O2. The van der Waals surface area contributed by atoms with Crippen LogP contribution in [-0.2, 0) is 21.9 Å². The standard InChI is InChI=1S/C17H12F7N5O2/c18-12-1-4-29(15(12)31)26-13(30)2-3-28-8-25-14(27-28)9-5-10(16(19,20)21)7-11(6-9)17(22,23)24/h2-3,5-8,12H,1,4H2,(H,26,30)/b3-2-. The second kappa shape index (κ2) is 8.00. The molecule has 31 heavy (non-hydrogen) atoms. The maximum absolute atomic E-state index is 13.1. The number of nitrogens with one attached hydrogen (secondary N) is 1. The minimum Gasteiger partial charge on any atom is -0.270 e. The van der Waals surface area contributed by atoms with Gasteiger partial charge in [0, 0.05) is 30.8 Å². The van der Waals surface area contributed by atoms with Gasteiger partial charge >= 0.3 is 12.4 Å². The summed E-state index contributed by atoms with van der Waals surface area (Å²) in [5.41, 5.74) is -1.46. The van der Waals surface area contributed by atoms with Crippen molar-refractivity contribution >= 4 is 18.0 Å². The Morgan fingerprint density at radius 3 is 2.23 bits per heavy atom. The molecule has 0 bridgehead atoms. The molecule has 1 atom stereocenters. The Bertz CT molecular complexity index is 996. The maximum Gasteiger partial charge on any atom is 0.416 e. The largest absolute Gasteiger partial charge is 0.416 e. The molecule has 2 heterocycles. The highest BCUT2D eigenvalue weighted by molar-refractivity contribution is 5.92. The number of alkyl halides is 7. The zero-order valence-electron chi connectivity index (χ0n) is 15.2. The smallest absolute Gasteiger partial charge is 0.270 e. The summed E-state index contributed by atoms with van der Waals surface area (Å²) in [6.45, 7) is -0.0237. The topological polar surface area (TPSA) is 80.1 Å². The Kier molecular flexibility index (Phi) is 5.74. The number of halogens is 7. The molecule has 0 radical (unpaired) electrons. The Hall–Kier alpha value is -3.45. The van der Waals surface area contributed by atoms with Crippen molar-refractivity contribution in [1.29, 1.82) is 0 Å². The van der Waals surface area contributed by atoms with E-state index in [0.717, 1.165) is 28.3 Å². The molecule has 1 fully saturated rings. The molecule has 1 aliphatic rings. The molecule has 1 saturated heterocycles. The normalized spacial score (nSPS) is 17.6. The Morgan fingerprint density at radius 1 is 1.10 bits per heavy atom. The van der Waals surface area contributed by atoms with Gasteiger partial charge in [0.1, 0.15) is 6.33 Å². The Labute approximate surface area is 169 Å². The van der Waals surface area contributed by atoms with Gasteiger partial charge in [-0.1, -0.05) is 0 Å². The van der Waals surface area contributed by atoms with Crippen LogP contribution < -0.4 is 5.43 Å². The third kappa shape index (κ3) is 5.19. The van der Waals surface area contributed by atoms with Crippen molar-refractivity contribution in [2.45, 2.75) is 24.9 Å². The Morgan fingerprint density at radius 2 is 1.71 bits per heavy atom. The number of hydrogen-bond donors (Lipinski definition) is 1. The summed E-state index contributed by atoms with van der Waals surface area (Å²) in [5, 5.41) is 4.50. The average Bonchev–Trinajstić information content (AvgIpc) is 3.27. The van der Waals surface area contributed by atoms with Crippen LogP contribution in [-0.4, -0.2) is 44.3 Å². The molecule has 1 aliphatic heterocycles. The number of amides is 2. The third-order valence-corrected chi connectivity index (χ3v) is 4.12. The lowest BCUT2D eigenvalue weighted by Crippen LogP contribution is -2.43. The maximum atomic E-state index is 13.1. The lowest BCUT2D eigenvalue weighted by atomic mass is 10.0. The van der Waals surface area contributed by atoms with Crippen LogP contribution >= 0.6 is 0 Å². The van der Waals surface area contributed by atoms with Gasteiger partial charge in [0.25, 0.3) is 11.8 Å². The first kappa shape index (κ1) is 22.2. The highest BCUT2D eigenvalue weighted by Gasteiger charge is 2.37. The molecule has 0 saturated carbocycles. The predicted octanol–water partition coefficient (Wildman–Crippen LogP) is 3.06. The molecule has 1 unspecified atom stereocenters. The third-order valence-electron chi connectivity index (χ3n) is 4.12. The van der Waals surface area contributed by atoms with Crippen LogP contribution in [0.1, 0.15) is 17.5 Å². The van der Waals surface area contributed by atoms with Crippen molar-refractivity contribution in [1.82, 2.24) is 25.2 Å². The molecule has 1 N–H and O–H groups in total. The zero-order chi connectivity index (χ0) is 23.0. The lowest BCUT2D eigenvalue weighted by molar-refractivity contribution is -0.143. The fourth-order valence-electron chi connectivity index (χ4n) is 2.63. The first-order valence-corrected chi connectivity index (χ1v) is 8.50. The number of carbonyl (C=O) groups is 2. The van der Waals surface area contributed by atoms with E-state index in [2.05, 4.69) is 15.5 Å². The number of aromatic nitrogens is 3. The Balaban J connectivity index is 1.79.